The average Bonchev–Trinajstić information content (AvgIpc) is 3.24. The maximum atomic E-state index is 13.1. The van der Waals surface area contributed by atoms with Crippen molar-refractivity contribution in [2.24, 2.45) is 10.3 Å². The van der Waals surface area contributed by atoms with Crippen molar-refractivity contribution < 1.29 is 14.4 Å². The summed E-state index contributed by atoms with van der Waals surface area (Å²) >= 11 is 0. The minimum absolute atomic E-state index is 0.170. The van der Waals surface area contributed by atoms with Gasteiger partial charge in [0.2, 0.25) is 5.91 Å². The van der Waals surface area contributed by atoms with Gasteiger partial charge in [0, 0.05) is 5.69 Å². The molecule has 0 unspecified atom stereocenters. The van der Waals surface area contributed by atoms with Crippen molar-refractivity contribution in [3.8, 4) is 0 Å². The van der Waals surface area contributed by atoms with Crippen LogP contribution in [-0.2, 0) is 14.4 Å². The fraction of sp³-hybridized carbons (Fsp3) is 0.348. The van der Waals surface area contributed by atoms with E-state index in [1.165, 1.54) is 5.01 Å². The van der Waals surface area contributed by atoms with E-state index in [0.29, 0.717) is 17.3 Å². The van der Waals surface area contributed by atoms with Crippen molar-refractivity contribution in [2.75, 3.05) is 16.8 Å². The van der Waals surface area contributed by atoms with Gasteiger partial charge in [0.25, 0.3) is 11.8 Å². The van der Waals surface area contributed by atoms with Crippen LogP contribution in [0.15, 0.2) is 52.8 Å². The second-order valence-corrected chi connectivity index (χ2v) is 8.30. The Labute approximate surface area is 180 Å². The average molecular weight is 419 g/mol. The van der Waals surface area contributed by atoms with Crippen molar-refractivity contribution in [2.45, 2.75) is 45.7 Å². The molecule has 1 fully saturated rings. The predicted molar refractivity (Wildman–Crippen MR) is 117 cm³/mol. The first-order chi connectivity index (χ1) is 14.8. The Kier molecular flexibility index (Phi) is 5.31. The maximum absolute atomic E-state index is 13.1. The van der Waals surface area contributed by atoms with E-state index in [1.807, 2.05) is 44.2 Å². The number of nitrogens with zero attached hydrogens (tertiary/aromatic N) is 4. The lowest BCUT2D eigenvalue weighted by molar-refractivity contribution is -0.123. The van der Waals surface area contributed by atoms with Gasteiger partial charge in [-0.3, -0.25) is 19.4 Å². The topological polar surface area (TPSA) is 94.4 Å². The van der Waals surface area contributed by atoms with Gasteiger partial charge in [-0.2, -0.15) is 5.11 Å². The number of aryl methyl sites for hydroxylation is 2. The lowest BCUT2D eigenvalue weighted by Gasteiger charge is -2.20. The highest BCUT2D eigenvalue weighted by Gasteiger charge is 2.55. The quantitative estimate of drug-likeness (QED) is 0.752. The molecular weight excluding hydrogens is 394 g/mol. The molecule has 0 radical (unpaired) electrons. The molecule has 0 bridgehead atoms. The maximum Gasteiger partial charge on any atom is 0.263 e. The SMILES string of the molecule is Cc1ccc(NC(=O)CN2N=N[C@@H]3C(=O)N(c4ccc(C(C)C)cc4)C(=O)[C@H]32)cc1C. The molecule has 1 N–H and O–H groups in total. The number of amides is 3. The number of nitrogens with one attached hydrogen (secondary N) is 1. The number of hydrogen-bond acceptors (Lipinski definition) is 6. The molecule has 2 aliphatic heterocycles. The zero-order valence-electron chi connectivity index (χ0n) is 18.0. The van der Waals surface area contributed by atoms with Gasteiger partial charge < -0.3 is 5.32 Å². The third-order valence-electron chi connectivity index (χ3n) is 5.77. The molecular formula is C23H25N5O3. The molecule has 1 saturated heterocycles. The number of carbonyl (C=O) groups excluding carboxylic acids is 3. The zero-order chi connectivity index (χ0) is 22.3. The normalized spacial score (nSPS) is 20.0. The van der Waals surface area contributed by atoms with Gasteiger partial charge in [-0.15, -0.1) is 0 Å². The van der Waals surface area contributed by atoms with Gasteiger partial charge >= 0.3 is 0 Å². The summed E-state index contributed by atoms with van der Waals surface area (Å²) in [6.07, 6.45) is 0. The predicted octanol–water partition coefficient (Wildman–Crippen LogP) is 3.36. The van der Waals surface area contributed by atoms with Crippen LogP contribution in [0.2, 0.25) is 0 Å². The highest BCUT2D eigenvalue weighted by molar-refractivity contribution is 6.25. The summed E-state index contributed by atoms with van der Waals surface area (Å²) < 4.78 is 0. The molecule has 2 aliphatic rings. The van der Waals surface area contributed by atoms with Gasteiger partial charge in [-0.25, -0.2) is 4.90 Å². The van der Waals surface area contributed by atoms with Gasteiger partial charge in [0.1, 0.15) is 6.54 Å². The van der Waals surface area contributed by atoms with Crippen LogP contribution in [0, 0.1) is 13.8 Å². The summed E-state index contributed by atoms with van der Waals surface area (Å²) in [6.45, 7) is 7.95. The summed E-state index contributed by atoms with van der Waals surface area (Å²) in [4.78, 5) is 39.6. The fourth-order valence-electron chi connectivity index (χ4n) is 3.78. The van der Waals surface area contributed by atoms with Gasteiger partial charge in [-0.1, -0.05) is 37.3 Å². The number of imide groups is 1. The number of benzene rings is 2. The minimum atomic E-state index is -0.924. The van der Waals surface area contributed by atoms with E-state index in [9.17, 15) is 14.4 Å². The Morgan fingerprint density at radius 3 is 2.39 bits per heavy atom. The Hall–Kier alpha value is -3.55. The summed E-state index contributed by atoms with van der Waals surface area (Å²) in [5, 5.41) is 12.0. The summed E-state index contributed by atoms with van der Waals surface area (Å²) in [5.74, 6) is -0.828. The molecule has 2 heterocycles. The number of rotatable bonds is 5. The first kappa shape index (κ1) is 20.7. The van der Waals surface area contributed by atoms with E-state index in [2.05, 4.69) is 29.5 Å². The van der Waals surface area contributed by atoms with Crippen molar-refractivity contribution in [1.29, 1.82) is 0 Å². The molecule has 2 atom stereocenters. The molecule has 31 heavy (non-hydrogen) atoms. The van der Waals surface area contributed by atoms with Crippen molar-refractivity contribution in [3.63, 3.8) is 0 Å². The summed E-state index contributed by atoms with van der Waals surface area (Å²) in [7, 11) is 0. The molecule has 8 nitrogen and oxygen atoms in total. The molecule has 0 spiro atoms. The van der Waals surface area contributed by atoms with Gasteiger partial charge in [0.05, 0.1) is 5.69 Å². The summed E-state index contributed by atoms with van der Waals surface area (Å²) in [6, 6.07) is 11.2. The number of hydrogen-bond donors (Lipinski definition) is 1. The van der Waals surface area contributed by atoms with E-state index in [4.69, 9.17) is 0 Å². The number of anilines is 2. The van der Waals surface area contributed by atoms with E-state index < -0.39 is 23.9 Å². The van der Waals surface area contributed by atoms with E-state index in [1.54, 1.807) is 12.1 Å². The van der Waals surface area contributed by atoms with E-state index in [-0.39, 0.29) is 12.5 Å². The first-order valence-corrected chi connectivity index (χ1v) is 10.3. The monoisotopic (exact) mass is 419 g/mol. The van der Waals surface area contributed by atoms with Crippen LogP contribution in [0.25, 0.3) is 0 Å². The Balaban J connectivity index is 1.47. The lowest BCUT2D eigenvalue weighted by atomic mass is 10.0. The molecule has 2 aromatic rings. The summed E-state index contributed by atoms with van der Waals surface area (Å²) in [5.41, 5.74) is 4.48. The van der Waals surface area contributed by atoms with Crippen LogP contribution < -0.4 is 10.2 Å². The highest BCUT2D eigenvalue weighted by Crippen LogP contribution is 2.32. The Morgan fingerprint density at radius 1 is 1.03 bits per heavy atom. The second-order valence-electron chi connectivity index (χ2n) is 8.30. The molecule has 2 aromatic carbocycles. The van der Waals surface area contributed by atoms with E-state index >= 15 is 0 Å². The largest absolute Gasteiger partial charge is 0.324 e. The lowest BCUT2D eigenvalue weighted by Crippen LogP contribution is -2.43. The molecule has 0 saturated carbocycles. The van der Waals surface area contributed by atoms with Crippen LogP contribution in [0.4, 0.5) is 11.4 Å². The standard InChI is InChI=1S/C23H25N5O3/c1-13(2)16-6-9-18(10-7-16)28-22(30)20-21(23(28)31)27(26-25-20)12-19(29)24-17-8-5-14(3)15(4)11-17/h5-11,13,20-21H,12H2,1-4H3,(H,24,29)/t20-,21-/m0/s1. The van der Waals surface area contributed by atoms with Crippen molar-refractivity contribution in [1.82, 2.24) is 5.01 Å². The Morgan fingerprint density at radius 2 is 1.74 bits per heavy atom. The van der Waals surface area contributed by atoms with Crippen LogP contribution in [0.5, 0.6) is 0 Å². The fourth-order valence-corrected chi connectivity index (χ4v) is 3.78. The smallest absolute Gasteiger partial charge is 0.263 e. The van der Waals surface area contributed by atoms with Crippen LogP contribution in [0.3, 0.4) is 0 Å². The van der Waals surface area contributed by atoms with Crippen molar-refractivity contribution >= 4 is 29.1 Å². The van der Waals surface area contributed by atoms with Crippen LogP contribution in [-0.4, -0.2) is 41.4 Å². The van der Waals surface area contributed by atoms with Crippen LogP contribution >= 0.6 is 0 Å². The highest BCUT2D eigenvalue weighted by atomic mass is 16.2. The Bertz CT molecular complexity index is 1080. The first-order valence-electron chi connectivity index (χ1n) is 10.3. The third-order valence-corrected chi connectivity index (χ3v) is 5.77. The molecule has 0 aliphatic carbocycles. The van der Waals surface area contributed by atoms with E-state index in [0.717, 1.165) is 21.6 Å². The molecule has 160 valence electrons. The molecule has 8 heteroatoms. The van der Waals surface area contributed by atoms with Crippen LogP contribution in [0.1, 0.15) is 36.5 Å². The number of carbonyl (C=O) groups is 3. The minimum Gasteiger partial charge on any atom is -0.324 e. The molecule has 3 amide bonds. The van der Waals surface area contributed by atoms with Gasteiger partial charge in [-0.05, 0) is 60.7 Å². The molecule has 0 aromatic heterocycles. The second kappa shape index (κ2) is 7.94. The van der Waals surface area contributed by atoms with Gasteiger partial charge in [0.15, 0.2) is 12.1 Å². The zero-order valence-corrected chi connectivity index (χ0v) is 18.0. The van der Waals surface area contributed by atoms with Crippen molar-refractivity contribution in [3.05, 3.63) is 59.2 Å². The number of fused-ring (bicyclic) bond motifs is 1. The molecule has 4 rings (SSSR count). The third kappa shape index (κ3) is 3.81.